The van der Waals surface area contributed by atoms with Crippen molar-refractivity contribution in [1.29, 1.82) is 0 Å². The molecule has 0 saturated heterocycles. The zero-order valence-electron chi connectivity index (χ0n) is 16.8. The second-order valence-electron chi connectivity index (χ2n) is 8.03. The highest BCUT2D eigenvalue weighted by atomic mass is 35.5. The van der Waals surface area contributed by atoms with Crippen molar-refractivity contribution in [2.24, 2.45) is 11.1 Å². The Hall–Kier alpha value is -2.53. The first-order chi connectivity index (χ1) is 14.0. The van der Waals surface area contributed by atoms with Crippen molar-refractivity contribution >= 4 is 28.9 Å². The average Bonchev–Trinajstić information content (AvgIpc) is 3.46. The Balaban J connectivity index is 1.41. The lowest BCUT2D eigenvalue weighted by Crippen LogP contribution is -2.38. The van der Waals surface area contributed by atoms with Gasteiger partial charge in [0.1, 0.15) is 0 Å². The number of anilines is 1. The molecule has 152 valence electrons. The number of rotatable bonds is 7. The van der Waals surface area contributed by atoms with Crippen molar-refractivity contribution in [3.05, 3.63) is 64.7 Å². The van der Waals surface area contributed by atoms with Crippen molar-refractivity contribution in [2.75, 3.05) is 25.5 Å². The molecule has 0 bridgehead atoms. The Morgan fingerprint density at radius 2 is 1.93 bits per heavy atom. The third kappa shape index (κ3) is 4.91. The molecule has 0 aromatic heterocycles. The van der Waals surface area contributed by atoms with Gasteiger partial charge in [-0.2, -0.15) is 0 Å². The highest BCUT2D eigenvalue weighted by Crippen LogP contribution is 2.32. The first kappa shape index (κ1) is 19.8. The number of carbonyl (C=O) groups excluding carboxylic acids is 1. The zero-order valence-corrected chi connectivity index (χ0v) is 17.6. The third-order valence-electron chi connectivity index (χ3n) is 5.37. The molecule has 1 fully saturated rings. The minimum Gasteiger partial charge on any atom is -0.390 e. The highest BCUT2D eigenvalue weighted by Gasteiger charge is 2.35. The summed E-state index contributed by atoms with van der Waals surface area (Å²) in [5.74, 6) is 0.368. The summed E-state index contributed by atoms with van der Waals surface area (Å²) in [6, 6.07) is 16.0. The maximum Gasteiger partial charge on any atom is 0.226 e. The van der Waals surface area contributed by atoms with Crippen LogP contribution in [-0.4, -0.2) is 43.3 Å². The Morgan fingerprint density at radius 3 is 2.59 bits per heavy atom. The van der Waals surface area contributed by atoms with Crippen molar-refractivity contribution < 1.29 is 9.63 Å². The first-order valence-corrected chi connectivity index (χ1v) is 10.4. The van der Waals surface area contributed by atoms with Crippen LogP contribution in [0.2, 0.25) is 5.02 Å². The number of hydrogen-bond acceptors (Lipinski definition) is 4. The fourth-order valence-corrected chi connectivity index (χ4v) is 3.78. The van der Waals surface area contributed by atoms with Crippen LogP contribution in [0.15, 0.2) is 53.7 Å². The number of carbonyl (C=O) groups is 1. The Labute approximate surface area is 176 Å². The molecule has 0 spiro atoms. The predicted molar refractivity (Wildman–Crippen MR) is 116 cm³/mol. The van der Waals surface area contributed by atoms with Gasteiger partial charge in [0.25, 0.3) is 0 Å². The van der Waals surface area contributed by atoms with Crippen LogP contribution in [0.5, 0.6) is 0 Å². The van der Waals surface area contributed by atoms with Gasteiger partial charge in [-0.05, 0) is 48.2 Å². The number of halogens is 1. The van der Waals surface area contributed by atoms with Gasteiger partial charge in [-0.1, -0.05) is 41.0 Å². The van der Waals surface area contributed by atoms with Crippen LogP contribution in [0.25, 0.3) is 0 Å². The average molecular weight is 412 g/mol. The Morgan fingerprint density at radius 1 is 1.17 bits per heavy atom. The number of amides is 1. The number of hydrogen-bond donors (Lipinski definition) is 0. The summed E-state index contributed by atoms with van der Waals surface area (Å²) in [6.45, 7) is 1.08. The lowest BCUT2D eigenvalue weighted by Gasteiger charge is -2.25. The molecule has 2 aliphatic rings. The summed E-state index contributed by atoms with van der Waals surface area (Å²) >= 11 is 6.12. The molecule has 1 heterocycles. The summed E-state index contributed by atoms with van der Waals surface area (Å²) in [5, 5.41) is 4.99. The number of oxime groups is 1. The van der Waals surface area contributed by atoms with Crippen LogP contribution < -0.4 is 4.90 Å². The van der Waals surface area contributed by atoms with E-state index < -0.39 is 0 Å². The molecule has 1 aliphatic heterocycles. The van der Waals surface area contributed by atoms with Gasteiger partial charge in [0.15, 0.2) is 6.10 Å². The van der Waals surface area contributed by atoms with Crippen molar-refractivity contribution in [3.8, 4) is 0 Å². The summed E-state index contributed by atoms with van der Waals surface area (Å²) in [5.41, 5.74) is 4.17. The monoisotopic (exact) mass is 411 g/mol. The van der Waals surface area contributed by atoms with Crippen LogP contribution in [0.4, 0.5) is 5.69 Å². The molecule has 1 aliphatic carbocycles. The standard InChI is InChI=1S/C23H26ClN3O2/c1-26(2)20-10-8-17(9-11-20)22-13-21(29-25-22)15-27(23(28)18-6-7-18)14-16-4-3-5-19(24)12-16/h3-5,8-12,18,21H,6-7,13-15H2,1-2H3. The van der Waals surface area contributed by atoms with Gasteiger partial charge in [0.05, 0.1) is 12.3 Å². The molecular weight excluding hydrogens is 386 g/mol. The van der Waals surface area contributed by atoms with E-state index in [2.05, 4.69) is 34.3 Å². The van der Waals surface area contributed by atoms with Gasteiger partial charge >= 0.3 is 0 Å². The third-order valence-corrected chi connectivity index (χ3v) is 5.61. The SMILES string of the molecule is CN(C)c1ccc(C2=NOC(CN(Cc3cccc(Cl)c3)C(=O)C3CC3)C2)cc1. The van der Waals surface area contributed by atoms with Gasteiger partial charge in [-0.3, -0.25) is 4.79 Å². The van der Waals surface area contributed by atoms with Gasteiger partial charge in [0, 0.05) is 43.7 Å². The molecule has 0 radical (unpaired) electrons. The van der Waals surface area contributed by atoms with Gasteiger partial charge in [-0.15, -0.1) is 0 Å². The minimum absolute atomic E-state index is 0.125. The van der Waals surface area contributed by atoms with Crippen LogP contribution in [0.1, 0.15) is 30.4 Å². The van der Waals surface area contributed by atoms with Crippen LogP contribution in [0, 0.1) is 5.92 Å². The summed E-state index contributed by atoms with van der Waals surface area (Å²) < 4.78 is 0. The lowest BCUT2D eigenvalue weighted by molar-refractivity contribution is -0.135. The van der Waals surface area contributed by atoms with E-state index in [-0.39, 0.29) is 17.9 Å². The largest absolute Gasteiger partial charge is 0.390 e. The molecule has 1 unspecified atom stereocenters. The van der Waals surface area contributed by atoms with Crippen LogP contribution >= 0.6 is 11.6 Å². The van der Waals surface area contributed by atoms with E-state index in [0.29, 0.717) is 24.5 Å². The maximum atomic E-state index is 12.8. The molecule has 29 heavy (non-hydrogen) atoms. The van der Waals surface area contributed by atoms with E-state index >= 15 is 0 Å². The summed E-state index contributed by atoms with van der Waals surface area (Å²) in [6.07, 6.45) is 2.54. The smallest absolute Gasteiger partial charge is 0.226 e. The van der Waals surface area contributed by atoms with E-state index in [4.69, 9.17) is 16.4 Å². The molecule has 1 saturated carbocycles. The topological polar surface area (TPSA) is 45.1 Å². The predicted octanol–water partition coefficient (Wildman–Crippen LogP) is 4.34. The van der Waals surface area contributed by atoms with Gasteiger partial charge < -0.3 is 14.6 Å². The van der Waals surface area contributed by atoms with E-state index in [1.54, 1.807) is 0 Å². The second-order valence-corrected chi connectivity index (χ2v) is 8.47. The quantitative estimate of drug-likeness (QED) is 0.680. The Kier molecular flexibility index (Phi) is 5.76. The van der Waals surface area contributed by atoms with Crippen molar-refractivity contribution in [2.45, 2.75) is 31.9 Å². The maximum absolute atomic E-state index is 12.8. The van der Waals surface area contributed by atoms with E-state index in [1.165, 1.54) is 0 Å². The molecular formula is C23H26ClN3O2. The molecule has 2 aromatic carbocycles. The lowest BCUT2D eigenvalue weighted by atomic mass is 10.0. The molecule has 5 nitrogen and oxygen atoms in total. The summed E-state index contributed by atoms with van der Waals surface area (Å²) in [4.78, 5) is 22.5. The van der Waals surface area contributed by atoms with Gasteiger partial charge in [0.2, 0.25) is 5.91 Å². The highest BCUT2D eigenvalue weighted by molar-refractivity contribution is 6.30. The van der Waals surface area contributed by atoms with E-state index in [9.17, 15) is 4.79 Å². The molecule has 1 atom stereocenters. The normalized spacial score (nSPS) is 18.2. The molecule has 6 heteroatoms. The molecule has 2 aromatic rings. The van der Waals surface area contributed by atoms with E-state index in [0.717, 1.165) is 35.4 Å². The molecule has 1 amide bonds. The zero-order chi connectivity index (χ0) is 20.4. The van der Waals surface area contributed by atoms with Gasteiger partial charge in [-0.25, -0.2) is 0 Å². The fraction of sp³-hybridized carbons (Fsp3) is 0.391. The van der Waals surface area contributed by atoms with Crippen molar-refractivity contribution in [1.82, 2.24) is 4.90 Å². The first-order valence-electron chi connectivity index (χ1n) is 10.0. The van der Waals surface area contributed by atoms with Crippen molar-refractivity contribution in [3.63, 3.8) is 0 Å². The summed E-state index contributed by atoms with van der Waals surface area (Å²) in [7, 11) is 4.04. The van der Waals surface area contributed by atoms with Crippen LogP contribution in [0.3, 0.4) is 0 Å². The number of benzene rings is 2. The second kappa shape index (κ2) is 8.46. The van der Waals surface area contributed by atoms with Crippen LogP contribution in [-0.2, 0) is 16.2 Å². The minimum atomic E-state index is -0.125. The fourth-order valence-electron chi connectivity index (χ4n) is 3.57. The Bertz CT molecular complexity index is 907. The van der Waals surface area contributed by atoms with E-state index in [1.807, 2.05) is 43.3 Å². The molecule has 0 N–H and O–H groups in total. The number of nitrogens with zero attached hydrogens (tertiary/aromatic N) is 3. The molecule has 4 rings (SSSR count).